The van der Waals surface area contributed by atoms with Crippen molar-refractivity contribution in [2.75, 3.05) is 0 Å². The Labute approximate surface area is 119 Å². The van der Waals surface area contributed by atoms with E-state index < -0.39 is 27.2 Å². The van der Waals surface area contributed by atoms with Crippen molar-refractivity contribution in [3.63, 3.8) is 0 Å². The Morgan fingerprint density at radius 3 is 2.42 bits per heavy atom. The summed E-state index contributed by atoms with van der Waals surface area (Å²) in [5.41, 5.74) is -1.56. The van der Waals surface area contributed by atoms with Crippen molar-refractivity contribution in [1.29, 1.82) is 0 Å². The fourth-order valence-corrected chi connectivity index (χ4v) is 2.20. The normalized spacial score (nSPS) is 11.5. The molecular formula is C8H9LiN4O5S. The maximum absolute atomic E-state index is 11.8. The van der Waals surface area contributed by atoms with Gasteiger partial charge in [-0.2, -0.15) is 0 Å². The molecule has 0 aliphatic rings. The Kier molecular flexibility index (Phi) is 4.11. The SMILES string of the molecule is Cn1c(=O)c2c(ncn2C)n(CS(=O)(=O)[O-])c1=O.[Li+]. The molecule has 11 heteroatoms. The third-order valence-electron chi connectivity index (χ3n) is 2.49. The van der Waals surface area contributed by atoms with E-state index >= 15 is 0 Å². The van der Waals surface area contributed by atoms with E-state index in [0.717, 1.165) is 4.57 Å². The van der Waals surface area contributed by atoms with E-state index in [-0.39, 0.29) is 30.0 Å². The van der Waals surface area contributed by atoms with Crippen LogP contribution in [-0.4, -0.2) is 31.7 Å². The topological polar surface area (TPSA) is 119 Å². The van der Waals surface area contributed by atoms with Crippen molar-refractivity contribution in [3.8, 4) is 0 Å². The number of hydrogen-bond donors (Lipinski definition) is 0. The van der Waals surface area contributed by atoms with E-state index in [2.05, 4.69) is 4.98 Å². The van der Waals surface area contributed by atoms with Crippen molar-refractivity contribution in [2.24, 2.45) is 14.1 Å². The zero-order valence-electron chi connectivity index (χ0n) is 10.5. The Balaban J connectivity index is 0.00000180. The van der Waals surface area contributed by atoms with Gasteiger partial charge in [-0.1, -0.05) is 0 Å². The third kappa shape index (κ3) is 2.66. The fourth-order valence-electron chi connectivity index (χ4n) is 1.65. The average Bonchev–Trinajstić information content (AvgIpc) is 2.62. The predicted octanol–water partition coefficient (Wildman–Crippen LogP) is -5.06. The number of fused-ring (bicyclic) bond motifs is 1. The van der Waals surface area contributed by atoms with Gasteiger partial charge in [-0.3, -0.25) is 13.9 Å². The van der Waals surface area contributed by atoms with Gasteiger partial charge in [0, 0.05) is 14.1 Å². The van der Waals surface area contributed by atoms with Crippen LogP contribution >= 0.6 is 0 Å². The van der Waals surface area contributed by atoms with Crippen LogP contribution in [0.5, 0.6) is 0 Å². The third-order valence-corrected chi connectivity index (χ3v) is 3.06. The first-order valence-electron chi connectivity index (χ1n) is 4.77. The van der Waals surface area contributed by atoms with E-state index in [0.29, 0.717) is 4.57 Å². The second kappa shape index (κ2) is 4.97. The van der Waals surface area contributed by atoms with Gasteiger partial charge in [-0.05, 0) is 0 Å². The van der Waals surface area contributed by atoms with Crippen molar-refractivity contribution < 1.29 is 31.8 Å². The van der Waals surface area contributed by atoms with Crippen molar-refractivity contribution >= 4 is 21.3 Å². The standard InChI is InChI=1S/C8H10N4O5S.Li/c1-10-3-9-6-5(10)7(13)11(2)8(14)12(6)4-18(15,16)17;/h3H,4H2,1-2H3,(H,15,16,17);/q;+1/p-1. The molecule has 0 N–H and O–H groups in total. The largest absolute Gasteiger partial charge is 1.00 e. The number of aromatic nitrogens is 4. The van der Waals surface area contributed by atoms with Crippen LogP contribution in [0.1, 0.15) is 0 Å². The van der Waals surface area contributed by atoms with Gasteiger partial charge in [0.2, 0.25) is 0 Å². The molecule has 0 saturated carbocycles. The fraction of sp³-hybridized carbons (Fsp3) is 0.375. The van der Waals surface area contributed by atoms with Crippen molar-refractivity contribution in [2.45, 2.75) is 5.88 Å². The van der Waals surface area contributed by atoms with Crippen LogP contribution in [0.4, 0.5) is 0 Å². The molecule has 2 aromatic heterocycles. The molecular weight excluding hydrogens is 271 g/mol. The van der Waals surface area contributed by atoms with Gasteiger partial charge in [0.1, 0.15) is 16.0 Å². The minimum Gasteiger partial charge on any atom is -0.747 e. The van der Waals surface area contributed by atoms with Gasteiger partial charge in [0.25, 0.3) is 5.56 Å². The molecule has 2 aromatic rings. The minimum absolute atomic E-state index is 0. The number of nitrogens with zero attached hydrogens (tertiary/aromatic N) is 4. The van der Waals surface area contributed by atoms with E-state index in [9.17, 15) is 22.6 Å². The molecule has 0 unspecified atom stereocenters. The summed E-state index contributed by atoms with van der Waals surface area (Å²) >= 11 is 0. The number of imidazole rings is 1. The number of hydrogen-bond acceptors (Lipinski definition) is 6. The van der Waals surface area contributed by atoms with E-state index in [1.165, 1.54) is 25.0 Å². The zero-order valence-corrected chi connectivity index (χ0v) is 11.3. The van der Waals surface area contributed by atoms with Gasteiger partial charge in [-0.25, -0.2) is 18.2 Å². The first-order chi connectivity index (χ1) is 8.22. The molecule has 0 atom stereocenters. The molecule has 98 valence electrons. The summed E-state index contributed by atoms with van der Waals surface area (Å²) < 4.78 is 35.0. The maximum atomic E-state index is 11.8. The van der Waals surface area contributed by atoms with Crippen molar-refractivity contribution in [3.05, 3.63) is 27.2 Å². The molecule has 0 aliphatic carbocycles. The Hall–Kier alpha value is -1.34. The van der Waals surface area contributed by atoms with Crippen molar-refractivity contribution in [1.82, 2.24) is 18.7 Å². The summed E-state index contributed by atoms with van der Waals surface area (Å²) in [5.74, 6) is -1.06. The summed E-state index contributed by atoms with van der Waals surface area (Å²) in [5, 5.41) is 0. The first-order valence-corrected chi connectivity index (χ1v) is 6.34. The molecule has 2 heterocycles. The van der Waals surface area contributed by atoms with E-state index in [1.807, 2.05) is 0 Å². The molecule has 2 rings (SSSR count). The van der Waals surface area contributed by atoms with Crippen LogP contribution < -0.4 is 30.1 Å². The quantitative estimate of drug-likeness (QED) is 0.401. The maximum Gasteiger partial charge on any atom is 1.00 e. The summed E-state index contributed by atoms with van der Waals surface area (Å²) in [7, 11) is -1.94. The Morgan fingerprint density at radius 1 is 1.32 bits per heavy atom. The smallest absolute Gasteiger partial charge is 0.747 e. The molecule has 0 saturated heterocycles. The second-order valence-corrected chi connectivity index (χ2v) is 5.16. The van der Waals surface area contributed by atoms with Gasteiger partial charge in [0.05, 0.1) is 6.33 Å². The van der Waals surface area contributed by atoms with Crippen LogP contribution in [0.25, 0.3) is 11.2 Å². The monoisotopic (exact) mass is 280 g/mol. The van der Waals surface area contributed by atoms with E-state index in [1.54, 1.807) is 0 Å². The number of aryl methyl sites for hydroxylation is 1. The van der Waals surface area contributed by atoms with Crippen LogP contribution in [0, 0.1) is 0 Å². The first kappa shape index (κ1) is 15.7. The van der Waals surface area contributed by atoms with Gasteiger partial charge < -0.3 is 9.12 Å². The van der Waals surface area contributed by atoms with Crippen LogP contribution in [0.2, 0.25) is 0 Å². The summed E-state index contributed by atoms with van der Waals surface area (Å²) in [6.45, 7) is 0. The minimum atomic E-state index is -4.66. The summed E-state index contributed by atoms with van der Waals surface area (Å²) in [6.07, 6.45) is 1.26. The van der Waals surface area contributed by atoms with Crippen LogP contribution in [0.15, 0.2) is 15.9 Å². The molecule has 0 bridgehead atoms. The molecule has 0 aliphatic heterocycles. The number of rotatable bonds is 2. The molecule has 19 heavy (non-hydrogen) atoms. The molecule has 0 radical (unpaired) electrons. The molecule has 0 aromatic carbocycles. The summed E-state index contributed by atoms with van der Waals surface area (Å²) in [6, 6.07) is 0. The average molecular weight is 280 g/mol. The molecule has 9 nitrogen and oxygen atoms in total. The Morgan fingerprint density at radius 2 is 1.89 bits per heavy atom. The molecule has 0 fully saturated rings. The summed E-state index contributed by atoms with van der Waals surface area (Å²) in [4.78, 5) is 27.3. The predicted molar refractivity (Wildman–Crippen MR) is 59.9 cm³/mol. The van der Waals surface area contributed by atoms with Gasteiger partial charge in [0.15, 0.2) is 11.2 Å². The van der Waals surface area contributed by atoms with E-state index in [4.69, 9.17) is 0 Å². The molecule has 0 amide bonds. The molecule has 0 spiro atoms. The zero-order chi connectivity index (χ0) is 13.7. The Bertz CT molecular complexity index is 846. The van der Waals surface area contributed by atoms with Crippen LogP contribution in [-0.2, 0) is 30.1 Å². The van der Waals surface area contributed by atoms with Gasteiger partial charge in [-0.15, -0.1) is 0 Å². The van der Waals surface area contributed by atoms with Crippen LogP contribution in [0.3, 0.4) is 0 Å². The van der Waals surface area contributed by atoms with Gasteiger partial charge >= 0.3 is 24.6 Å². The second-order valence-electron chi connectivity index (χ2n) is 3.79.